The number of nitrogens with zero attached hydrogens (tertiary/aromatic N) is 2. The lowest BCUT2D eigenvalue weighted by Crippen LogP contribution is -2.28. The van der Waals surface area contributed by atoms with Crippen LogP contribution in [0.1, 0.15) is 55.9 Å². The Morgan fingerprint density at radius 1 is 0.833 bits per heavy atom. The van der Waals surface area contributed by atoms with Crippen LogP contribution in [0.3, 0.4) is 0 Å². The van der Waals surface area contributed by atoms with Crippen molar-refractivity contribution < 1.29 is 0 Å². The van der Waals surface area contributed by atoms with Crippen molar-refractivity contribution in [2.45, 2.75) is 71.5 Å². The lowest BCUT2D eigenvalue weighted by atomic mass is 9.88. The van der Waals surface area contributed by atoms with Gasteiger partial charge in [0.2, 0.25) is 0 Å². The Kier molecular flexibility index (Phi) is 6.25. The highest BCUT2D eigenvalue weighted by molar-refractivity contribution is 7.76. The lowest BCUT2D eigenvalue weighted by Gasteiger charge is -2.38. The first-order chi connectivity index (χ1) is 17.0. The van der Waals surface area contributed by atoms with E-state index in [-0.39, 0.29) is 5.92 Å². The summed E-state index contributed by atoms with van der Waals surface area (Å²) in [6.07, 6.45) is 0. The van der Waals surface area contributed by atoms with Gasteiger partial charge >= 0.3 is 0 Å². The Balaban J connectivity index is 1.91. The Hall–Kier alpha value is -2.35. The topological polar surface area (TPSA) is 17.3 Å². The Morgan fingerprint density at radius 2 is 1.44 bits per heavy atom. The number of aromatic nitrogens is 1. The molecular formula is C32H41N2PSi. The van der Waals surface area contributed by atoms with Gasteiger partial charge in [-0.1, -0.05) is 107 Å². The molecule has 0 N–H and O–H groups in total. The van der Waals surface area contributed by atoms with E-state index < -0.39 is 15.3 Å². The predicted molar refractivity (Wildman–Crippen MR) is 163 cm³/mol. The van der Waals surface area contributed by atoms with E-state index in [1.165, 1.54) is 49.7 Å². The zero-order valence-corrected chi connectivity index (χ0v) is 25.3. The van der Waals surface area contributed by atoms with E-state index in [0.717, 1.165) is 0 Å². The first-order valence-corrected chi connectivity index (χ1v) is 18.7. The van der Waals surface area contributed by atoms with Gasteiger partial charge in [-0.15, -0.1) is 0 Å². The number of aryl methyl sites for hydroxylation is 2. The third kappa shape index (κ3) is 3.78. The van der Waals surface area contributed by atoms with Crippen molar-refractivity contribution >= 4 is 31.5 Å². The van der Waals surface area contributed by atoms with Crippen molar-refractivity contribution in [3.05, 3.63) is 89.0 Å². The number of fused-ring (bicyclic) bond motifs is 5. The number of rotatable bonds is 5. The van der Waals surface area contributed by atoms with Crippen LogP contribution in [0.5, 0.6) is 0 Å². The minimum absolute atomic E-state index is 0.228. The monoisotopic (exact) mass is 512 g/mol. The highest BCUT2D eigenvalue weighted by Gasteiger charge is 2.40. The zero-order valence-electron chi connectivity index (χ0n) is 23.4. The van der Waals surface area contributed by atoms with Crippen LogP contribution in [0.2, 0.25) is 19.6 Å². The highest BCUT2D eigenvalue weighted by atomic mass is 31.2. The second-order valence-corrected chi connectivity index (χ2v) is 21.3. The fraction of sp³-hybridized carbons (Fsp3) is 0.375. The normalized spacial score (nSPS) is 15.6. The largest absolute Gasteiger partial charge is 0.343 e. The van der Waals surface area contributed by atoms with Crippen molar-refractivity contribution in [1.82, 2.24) is 4.57 Å². The fourth-order valence-corrected chi connectivity index (χ4v) is 16.1. The summed E-state index contributed by atoms with van der Waals surface area (Å²) in [5.41, 5.74) is 10.8. The first kappa shape index (κ1) is 25.3. The van der Waals surface area contributed by atoms with E-state index >= 15 is 0 Å². The van der Waals surface area contributed by atoms with Gasteiger partial charge in [-0.05, 0) is 59.4 Å². The van der Waals surface area contributed by atoms with Crippen LogP contribution in [0, 0.1) is 6.92 Å². The molecule has 0 spiro atoms. The molecule has 1 heterocycles. The first-order valence-electron chi connectivity index (χ1n) is 13.4. The molecule has 0 saturated carbocycles. The van der Waals surface area contributed by atoms with Gasteiger partial charge in [0.15, 0.2) is 8.24 Å². The maximum Gasteiger partial charge on any atom is 0.170 e. The molecule has 0 fully saturated rings. The van der Waals surface area contributed by atoms with Gasteiger partial charge in [-0.3, -0.25) is 0 Å². The molecule has 0 radical (unpaired) electrons. The maximum absolute atomic E-state index is 5.88. The third-order valence-corrected chi connectivity index (χ3v) is 15.9. The molecule has 1 aromatic heterocycles. The van der Waals surface area contributed by atoms with Gasteiger partial charge in [0.25, 0.3) is 0 Å². The van der Waals surface area contributed by atoms with E-state index in [0.29, 0.717) is 11.3 Å². The SMILES string of the molecule is Cc1ccc2c(c1)c1c(n2C)-c2ccccc2C1c1ccccc1P(=N[Si](C)(C)C)(C(C)C)C(C)C. The Morgan fingerprint density at radius 3 is 2.08 bits per heavy atom. The molecule has 2 nitrogen and oxygen atoms in total. The van der Waals surface area contributed by atoms with Gasteiger partial charge in [0, 0.05) is 29.4 Å². The standard InChI is InChI=1S/C32H41N2PSi/c1-21(2)35(22(3)4,33-36(7,8)9)29-17-13-12-16-26(29)30-24-14-10-11-15-25(24)32-31(30)27-20-23(5)18-19-28(27)34(32)6/h10-22,30H,1-9H3. The smallest absolute Gasteiger partial charge is 0.170 e. The van der Waals surface area contributed by atoms with Gasteiger partial charge in [0.1, 0.15) is 0 Å². The molecule has 4 heteroatoms. The van der Waals surface area contributed by atoms with Crippen LogP contribution in [0.15, 0.2) is 71.1 Å². The minimum atomic E-state index is -1.81. The van der Waals surface area contributed by atoms with E-state index in [9.17, 15) is 0 Å². The predicted octanol–water partition coefficient (Wildman–Crippen LogP) is 9.13. The molecule has 0 amide bonds. The molecule has 4 aromatic rings. The highest BCUT2D eigenvalue weighted by Crippen LogP contribution is 2.61. The molecule has 0 bridgehead atoms. The number of hydrogen-bond acceptors (Lipinski definition) is 1. The van der Waals surface area contributed by atoms with Crippen molar-refractivity contribution in [2.75, 3.05) is 0 Å². The molecule has 5 rings (SSSR count). The molecule has 188 valence electrons. The summed E-state index contributed by atoms with van der Waals surface area (Å²) in [6.45, 7) is 19.1. The van der Waals surface area contributed by atoms with Crippen LogP contribution >= 0.6 is 7.05 Å². The van der Waals surface area contributed by atoms with Gasteiger partial charge < -0.3 is 8.98 Å². The van der Waals surface area contributed by atoms with Gasteiger partial charge in [-0.2, -0.15) is 0 Å². The van der Waals surface area contributed by atoms with Crippen LogP contribution in [-0.4, -0.2) is 24.1 Å². The summed E-state index contributed by atoms with van der Waals surface area (Å²) >= 11 is 0. The summed E-state index contributed by atoms with van der Waals surface area (Å²) in [5.74, 6) is 0.228. The second-order valence-electron chi connectivity index (χ2n) is 12.1. The lowest BCUT2D eigenvalue weighted by molar-refractivity contribution is 0.971. The second kappa shape index (κ2) is 8.89. The van der Waals surface area contributed by atoms with E-state index in [1.54, 1.807) is 0 Å². The zero-order chi connectivity index (χ0) is 26.0. The average Bonchev–Trinajstić information content (AvgIpc) is 3.29. The van der Waals surface area contributed by atoms with E-state index in [1.807, 2.05) is 0 Å². The summed E-state index contributed by atoms with van der Waals surface area (Å²) < 4.78 is 8.30. The molecule has 1 unspecified atom stereocenters. The average molecular weight is 513 g/mol. The van der Waals surface area contributed by atoms with Crippen molar-refractivity contribution in [3.8, 4) is 11.3 Å². The maximum atomic E-state index is 5.88. The summed E-state index contributed by atoms with van der Waals surface area (Å²) in [6, 6.07) is 25.4. The minimum Gasteiger partial charge on any atom is -0.343 e. The Labute approximate surface area is 218 Å². The summed E-state index contributed by atoms with van der Waals surface area (Å²) in [5, 5.41) is 2.92. The van der Waals surface area contributed by atoms with Gasteiger partial charge in [0.05, 0.1) is 5.69 Å². The van der Waals surface area contributed by atoms with Gasteiger partial charge in [-0.25, -0.2) is 0 Å². The molecule has 1 aliphatic rings. The molecular weight excluding hydrogens is 471 g/mol. The van der Waals surface area contributed by atoms with Crippen LogP contribution in [0.4, 0.5) is 0 Å². The summed E-state index contributed by atoms with van der Waals surface area (Å²) in [4.78, 5) is 0. The number of benzene rings is 3. The molecule has 0 aliphatic heterocycles. The molecule has 1 atom stereocenters. The molecule has 3 aromatic carbocycles. The van der Waals surface area contributed by atoms with Crippen LogP contribution in [-0.2, 0) is 7.05 Å². The number of hydrogen-bond donors (Lipinski definition) is 0. The summed E-state index contributed by atoms with van der Waals surface area (Å²) in [7, 11) is -1.26. The van der Waals surface area contributed by atoms with Crippen molar-refractivity contribution in [1.29, 1.82) is 0 Å². The third-order valence-electron chi connectivity index (χ3n) is 7.88. The Bertz CT molecular complexity index is 1510. The van der Waals surface area contributed by atoms with Crippen LogP contribution in [0.25, 0.3) is 22.2 Å². The fourth-order valence-electron chi connectivity index (χ4n) is 6.64. The van der Waals surface area contributed by atoms with Crippen molar-refractivity contribution in [3.63, 3.8) is 0 Å². The van der Waals surface area contributed by atoms with E-state index in [2.05, 4.69) is 133 Å². The quantitative estimate of drug-likeness (QED) is 0.165. The molecule has 0 saturated heterocycles. The van der Waals surface area contributed by atoms with Crippen LogP contribution < -0.4 is 5.30 Å². The molecule has 36 heavy (non-hydrogen) atoms. The van der Waals surface area contributed by atoms with Crippen molar-refractivity contribution in [2.24, 2.45) is 11.5 Å². The van der Waals surface area contributed by atoms with E-state index in [4.69, 9.17) is 4.41 Å². The molecule has 1 aliphatic carbocycles.